The second-order valence-corrected chi connectivity index (χ2v) is 7.03. The van der Waals surface area contributed by atoms with E-state index in [2.05, 4.69) is 33.7 Å². The maximum absolute atomic E-state index is 13.0. The number of carbonyl (C=O) groups is 1. The monoisotopic (exact) mass is 374 g/mol. The minimum absolute atomic E-state index is 0.136. The highest BCUT2D eigenvalue weighted by Crippen LogP contribution is 2.39. The normalized spacial score (nSPS) is 15.4. The number of amides is 2. The van der Waals surface area contributed by atoms with Gasteiger partial charge in [0.25, 0.3) is 5.56 Å². The van der Waals surface area contributed by atoms with Crippen molar-refractivity contribution in [1.29, 1.82) is 0 Å². The van der Waals surface area contributed by atoms with E-state index in [0.717, 1.165) is 22.5 Å². The molecule has 0 radical (unpaired) electrons. The van der Waals surface area contributed by atoms with Gasteiger partial charge in [-0.1, -0.05) is 48.5 Å². The Labute approximate surface area is 163 Å². The Kier molecular flexibility index (Phi) is 4.69. The standard InChI is InChI=1S/C22H22N4O2/c1-14-15(2)24-25-21(27)18(14)12-23-22(28)26-13-19(16-8-4-3-5-9-16)17-10-6-7-11-20(17)26/h3-11,19H,12-13H2,1-2H3,(H,23,28)(H,25,27). The first-order chi connectivity index (χ1) is 13.6. The summed E-state index contributed by atoms with van der Waals surface area (Å²) >= 11 is 0. The van der Waals surface area contributed by atoms with Gasteiger partial charge >= 0.3 is 6.03 Å². The van der Waals surface area contributed by atoms with Crippen LogP contribution in [0.5, 0.6) is 0 Å². The quantitative estimate of drug-likeness (QED) is 0.739. The number of aromatic nitrogens is 2. The van der Waals surface area contributed by atoms with Gasteiger partial charge in [0.1, 0.15) is 0 Å². The second kappa shape index (κ2) is 7.31. The van der Waals surface area contributed by atoms with Gasteiger partial charge < -0.3 is 5.32 Å². The number of nitrogens with zero attached hydrogens (tertiary/aromatic N) is 2. The predicted octanol–water partition coefficient (Wildman–Crippen LogP) is 3.25. The van der Waals surface area contributed by atoms with Crippen molar-refractivity contribution in [1.82, 2.24) is 15.5 Å². The minimum atomic E-state index is -0.271. The molecule has 0 saturated carbocycles. The van der Waals surface area contributed by atoms with E-state index in [0.29, 0.717) is 12.1 Å². The summed E-state index contributed by atoms with van der Waals surface area (Å²) in [6, 6.07) is 18.0. The number of benzene rings is 2. The van der Waals surface area contributed by atoms with E-state index in [-0.39, 0.29) is 24.1 Å². The van der Waals surface area contributed by atoms with Crippen LogP contribution >= 0.6 is 0 Å². The molecule has 1 aliphatic heterocycles. The smallest absolute Gasteiger partial charge is 0.322 e. The number of para-hydroxylation sites is 1. The van der Waals surface area contributed by atoms with Crippen molar-refractivity contribution < 1.29 is 4.79 Å². The van der Waals surface area contributed by atoms with Gasteiger partial charge in [-0.3, -0.25) is 9.69 Å². The lowest BCUT2D eigenvalue weighted by atomic mass is 9.93. The molecule has 0 bridgehead atoms. The van der Waals surface area contributed by atoms with E-state index in [1.54, 1.807) is 4.90 Å². The molecule has 2 heterocycles. The van der Waals surface area contributed by atoms with E-state index in [1.807, 2.05) is 50.2 Å². The number of hydrogen-bond acceptors (Lipinski definition) is 3. The molecule has 1 aromatic heterocycles. The SMILES string of the molecule is Cc1n[nH]c(=O)c(CNC(=O)N2CC(c3ccccc3)c3ccccc32)c1C. The van der Waals surface area contributed by atoms with E-state index >= 15 is 0 Å². The van der Waals surface area contributed by atoms with Crippen LogP contribution in [0.1, 0.15) is 33.9 Å². The maximum atomic E-state index is 13.0. The Morgan fingerprint density at radius 3 is 2.64 bits per heavy atom. The molecule has 1 atom stereocenters. The van der Waals surface area contributed by atoms with Gasteiger partial charge in [-0.15, -0.1) is 0 Å². The highest BCUT2D eigenvalue weighted by Gasteiger charge is 2.33. The van der Waals surface area contributed by atoms with Crippen LogP contribution in [0, 0.1) is 13.8 Å². The highest BCUT2D eigenvalue weighted by atomic mass is 16.2. The number of rotatable bonds is 3. The highest BCUT2D eigenvalue weighted by molar-refractivity contribution is 5.95. The molecule has 0 saturated heterocycles. The fraction of sp³-hybridized carbons (Fsp3) is 0.227. The Morgan fingerprint density at radius 2 is 1.86 bits per heavy atom. The third-order valence-electron chi connectivity index (χ3n) is 5.43. The molecule has 0 fully saturated rings. The molecule has 6 heteroatoms. The van der Waals surface area contributed by atoms with E-state index in [4.69, 9.17) is 0 Å². The van der Waals surface area contributed by atoms with Crippen LogP contribution in [-0.2, 0) is 6.54 Å². The van der Waals surface area contributed by atoms with Gasteiger partial charge in [-0.25, -0.2) is 9.89 Å². The van der Waals surface area contributed by atoms with E-state index in [1.165, 1.54) is 5.56 Å². The number of H-pyrrole nitrogens is 1. The van der Waals surface area contributed by atoms with Crippen molar-refractivity contribution in [2.75, 3.05) is 11.4 Å². The number of anilines is 1. The predicted molar refractivity (Wildman–Crippen MR) is 109 cm³/mol. The molecule has 2 N–H and O–H groups in total. The zero-order valence-electron chi connectivity index (χ0n) is 15.9. The van der Waals surface area contributed by atoms with Crippen molar-refractivity contribution in [3.8, 4) is 0 Å². The van der Waals surface area contributed by atoms with Gasteiger partial charge in [-0.2, -0.15) is 5.10 Å². The lowest BCUT2D eigenvalue weighted by Crippen LogP contribution is -2.40. The first kappa shape index (κ1) is 18.0. The van der Waals surface area contributed by atoms with Crippen LogP contribution in [-0.4, -0.2) is 22.8 Å². The zero-order chi connectivity index (χ0) is 19.7. The lowest BCUT2D eigenvalue weighted by molar-refractivity contribution is 0.246. The maximum Gasteiger partial charge on any atom is 0.322 e. The van der Waals surface area contributed by atoms with Crippen LogP contribution in [0.4, 0.5) is 10.5 Å². The van der Waals surface area contributed by atoms with Gasteiger partial charge in [-0.05, 0) is 36.6 Å². The first-order valence-corrected chi connectivity index (χ1v) is 9.30. The van der Waals surface area contributed by atoms with E-state index in [9.17, 15) is 9.59 Å². The van der Waals surface area contributed by atoms with Crippen LogP contribution < -0.4 is 15.8 Å². The van der Waals surface area contributed by atoms with Crippen LogP contribution in [0.25, 0.3) is 0 Å². The largest absolute Gasteiger partial charge is 0.333 e. The zero-order valence-corrected chi connectivity index (χ0v) is 15.9. The van der Waals surface area contributed by atoms with Gasteiger partial charge in [0.15, 0.2) is 0 Å². The number of fused-ring (bicyclic) bond motifs is 1. The van der Waals surface area contributed by atoms with Crippen LogP contribution in [0.2, 0.25) is 0 Å². The summed E-state index contributed by atoms with van der Waals surface area (Å²) in [6.45, 7) is 4.41. The Balaban J connectivity index is 1.57. The van der Waals surface area contributed by atoms with Crippen molar-refractivity contribution in [2.45, 2.75) is 26.3 Å². The fourth-order valence-corrected chi connectivity index (χ4v) is 3.72. The number of nitrogens with one attached hydrogen (secondary N) is 2. The average molecular weight is 374 g/mol. The van der Waals surface area contributed by atoms with Gasteiger partial charge in [0.2, 0.25) is 0 Å². The summed E-state index contributed by atoms with van der Waals surface area (Å²) in [7, 11) is 0. The average Bonchev–Trinajstić information content (AvgIpc) is 3.11. The summed E-state index contributed by atoms with van der Waals surface area (Å²) in [4.78, 5) is 26.8. The molecule has 6 nitrogen and oxygen atoms in total. The summed E-state index contributed by atoms with van der Waals surface area (Å²) in [5.74, 6) is 0.136. The molecule has 142 valence electrons. The summed E-state index contributed by atoms with van der Waals surface area (Å²) in [5.41, 5.74) is 5.04. The molecule has 4 rings (SSSR count). The number of aryl methyl sites for hydroxylation is 1. The topological polar surface area (TPSA) is 78.1 Å². The minimum Gasteiger partial charge on any atom is -0.333 e. The van der Waals surface area contributed by atoms with Crippen molar-refractivity contribution in [2.24, 2.45) is 0 Å². The molecule has 28 heavy (non-hydrogen) atoms. The summed E-state index contributed by atoms with van der Waals surface area (Å²) < 4.78 is 0. The van der Waals surface area contributed by atoms with Crippen LogP contribution in [0.3, 0.4) is 0 Å². The lowest BCUT2D eigenvalue weighted by Gasteiger charge is -2.19. The summed E-state index contributed by atoms with van der Waals surface area (Å²) in [5, 5.41) is 9.33. The number of urea groups is 1. The van der Waals surface area contributed by atoms with E-state index < -0.39 is 0 Å². The Morgan fingerprint density at radius 1 is 1.14 bits per heavy atom. The summed E-state index contributed by atoms with van der Waals surface area (Å²) in [6.07, 6.45) is 0. The van der Waals surface area contributed by atoms with Gasteiger partial charge in [0, 0.05) is 23.7 Å². The molecular weight excluding hydrogens is 352 g/mol. The molecule has 0 aliphatic carbocycles. The molecule has 1 unspecified atom stereocenters. The first-order valence-electron chi connectivity index (χ1n) is 9.30. The molecule has 1 aliphatic rings. The molecule has 0 spiro atoms. The Hall–Kier alpha value is -3.41. The molecule has 2 amide bonds. The Bertz CT molecular complexity index is 1080. The number of hydrogen-bond donors (Lipinski definition) is 2. The number of aromatic amines is 1. The number of carbonyl (C=O) groups excluding carboxylic acids is 1. The molecule has 2 aromatic carbocycles. The molecule has 3 aromatic rings. The van der Waals surface area contributed by atoms with Crippen molar-refractivity contribution in [3.05, 3.63) is 92.9 Å². The third kappa shape index (κ3) is 3.17. The fourth-order valence-electron chi connectivity index (χ4n) is 3.72. The third-order valence-corrected chi connectivity index (χ3v) is 5.43. The second-order valence-electron chi connectivity index (χ2n) is 7.03. The molecular formula is C22H22N4O2. The van der Waals surface area contributed by atoms with Gasteiger partial charge in [0.05, 0.1) is 12.2 Å². The van der Waals surface area contributed by atoms with Crippen LogP contribution in [0.15, 0.2) is 59.4 Å². The van der Waals surface area contributed by atoms with Crippen molar-refractivity contribution in [3.63, 3.8) is 0 Å². The van der Waals surface area contributed by atoms with Crippen molar-refractivity contribution >= 4 is 11.7 Å².